The van der Waals surface area contributed by atoms with Crippen molar-refractivity contribution in [3.8, 4) is 23.0 Å². The van der Waals surface area contributed by atoms with Crippen LogP contribution in [0.25, 0.3) is 0 Å². The summed E-state index contributed by atoms with van der Waals surface area (Å²) in [5, 5.41) is 19.6. The number of phenols is 1. The summed E-state index contributed by atoms with van der Waals surface area (Å²) in [6.45, 7) is 8.50. The number of carbonyl (C=O) groups excluding carboxylic acids is 1. The van der Waals surface area contributed by atoms with Gasteiger partial charge in [-0.05, 0) is 42.7 Å². The number of ether oxygens (including phenoxy) is 3. The molecule has 7 nitrogen and oxygen atoms in total. The number of rotatable bonds is 12. The molecule has 0 bridgehead atoms. The van der Waals surface area contributed by atoms with Gasteiger partial charge < -0.3 is 24.4 Å². The van der Waals surface area contributed by atoms with Crippen LogP contribution in [0, 0.1) is 12.3 Å². The molecule has 0 spiro atoms. The maximum Gasteiger partial charge on any atom is 0.335 e. The number of benzene rings is 2. The van der Waals surface area contributed by atoms with Gasteiger partial charge in [0, 0.05) is 23.5 Å². The van der Waals surface area contributed by atoms with Crippen molar-refractivity contribution in [1.29, 1.82) is 0 Å². The van der Waals surface area contributed by atoms with Gasteiger partial charge in [-0.25, -0.2) is 4.79 Å². The molecule has 8 heteroatoms. The van der Waals surface area contributed by atoms with Crippen molar-refractivity contribution in [3.63, 3.8) is 0 Å². The van der Waals surface area contributed by atoms with Gasteiger partial charge in [0.2, 0.25) is 0 Å². The molecule has 0 saturated heterocycles. The minimum absolute atomic E-state index is 0.0275. The van der Waals surface area contributed by atoms with E-state index in [4.69, 9.17) is 19.3 Å². The minimum Gasteiger partial charge on any atom is -0.507 e. The van der Waals surface area contributed by atoms with Gasteiger partial charge in [0.1, 0.15) is 11.5 Å². The lowest BCUT2D eigenvalue weighted by Crippen LogP contribution is -2.13. The lowest BCUT2D eigenvalue weighted by Gasteiger charge is -2.18. The number of carboxylic acid groups (broad SMARTS) is 1. The molecule has 0 atom stereocenters. The van der Waals surface area contributed by atoms with Crippen LogP contribution >= 0.6 is 11.8 Å². The summed E-state index contributed by atoms with van der Waals surface area (Å²) in [5.74, 6) is 1.65. The molecular formula is C25H32O7S. The van der Waals surface area contributed by atoms with Gasteiger partial charge in [0.05, 0.1) is 31.5 Å². The molecule has 0 fully saturated rings. The molecule has 2 N–H and O–H groups in total. The number of aromatic hydroxyl groups is 1. The lowest BCUT2D eigenvalue weighted by molar-refractivity contribution is 0.0696. The summed E-state index contributed by atoms with van der Waals surface area (Å²) in [7, 11) is 1.50. The molecule has 33 heavy (non-hydrogen) atoms. The Morgan fingerprint density at radius 1 is 0.970 bits per heavy atom. The van der Waals surface area contributed by atoms with E-state index in [1.54, 1.807) is 36.9 Å². The first-order valence-corrected chi connectivity index (χ1v) is 11.8. The highest BCUT2D eigenvalue weighted by Gasteiger charge is 2.21. The second-order valence-corrected chi connectivity index (χ2v) is 9.95. The van der Waals surface area contributed by atoms with Gasteiger partial charge in [0.25, 0.3) is 0 Å². The van der Waals surface area contributed by atoms with E-state index in [0.717, 1.165) is 0 Å². The predicted molar refractivity (Wildman–Crippen MR) is 130 cm³/mol. The Labute approximate surface area is 199 Å². The zero-order valence-corrected chi connectivity index (χ0v) is 20.6. The van der Waals surface area contributed by atoms with E-state index in [9.17, 15) is 14.7 Å². The first-order valence-electron chi connectivity index (χ1n) is 10.6. The molecule has 0 aliphatic heterocycles. The average molecular weight is 477 g/mol. The Hall–Kier alpha value is -2.87. The summed E-state index contributed by atoms with van der Waals surface area (Å²) in [6, 6.07) is 7.82. The van der Waals surface area contributed by atoms with E-state index >= 15 is 0 Å². The fourth-order valence-corrected chi connectivity index (χ4v) is 3.69. The topological polar surface area (TPSA) is 102 Å². The molecule has 180 valence electrons. The standard InChI is InChI=1S/C25H32O7S/c1-16-20(9-7-18(23(16)27)19(26)15-25(2,3)4)31-10-12-33-13-11-32-22-14-17(24(28)29)6-8-21(22)30-5/h6-9,14,27H,10-13,15H2,1-5H3,(H,28,29). The molecule has 0 amide bonds. The molecule has 2 aromatic rings. The monoisotopic (exact) mass is 476 g/mol. The molecule has 2 rings (SSSR count). The van der Waals surface area contributed by atoms with Crippen molar-refractivity contribution in [3.05, 3.63) is 47.0 Å². The number of hydrogen-bond acceptors (Lipinski definition) is 7. The third-order valence-electron chi connectivity index (χ3n) is 4.75. The van der Waals surface area contributed by atoms with Crippen LogP contribution in [0.5, 0.6) is 23.0 Å². The predicted octanol–water partition coefficient (Wildman–Crippen LogP) is 5.22. The summed E-state index contributed by atoms with van der Waals surface area (Å²) in [6.07, 6.45) is 0.353. The first kappa shape index (κ1) is 26.4. The molecule has 0 aliphatic carbocycles. The van der Waals surface area contributed by atoms with Crippen LogP contribution in [0.15, 0.2) is 30.3 Å². The van der Waals surface area contributed by atoms with E-state index in [-0.39, 0.29) is 22.5 Å². The van der Waals surface area contributed by atoms with Crippen LogP contribution in [0.3, 0.4) is 0 Å². The van der Waals surface area contributed by atoms with Crippen molar-refractivity contribution in [1.82, 2.24) is 0 Å². The van der Waals surface area contributed by atoms with Gasteiger partial charge >= 0.3 is 5.97 Å². The quantitative estimate of drug-likeness (QED) is 0.318. The van der Waals surface area contributed by atoms with Gasteiger partial charge in [-0.1, -0.05) is 20.8 Å². The summed E-state index contributed by atoms with van der Waals surface area (Å²) >= 11 is 1.62. The van der Waals surface area contributed by atoms with Crippen molar-refractivity contribution < 1.29 is 34.0 Å². The van der Waals surface area contributed by atoms with Crippen LogP contribution in [0.4, 0.5) is 0 Å². The molecule has 0 heterocycles. The summed E-state index contributed by atoms with van der Waals surface area (Å²) < 4.78 is 16.7. The van der Waals surface area contributed by atoms with Crippen molar-refractivity contribution in [2.24, 2.45) is 5.41 Å². The Bertz CT molecular complexity index is 979. The van der Waals surface area contributed by atoms with E-state index in [1.165, 1.54) is 19.2 Å². The van der Waals surface area contributed by atoms with E-state index in [2.05, 4.69) is 0 Å². The Morgan fingerprint density at radius 3 is 2.15 bits per heavy atom. The number of carbonyl (C=O) groups is 2. The number of carboxylic acids is 1. The second-order valence-electron chi connectivity index (χ2n) is 8.73. The van der Waals surface area contributed by atoms with Crippen LogP contribution in [0.2, 0.25) is 0 Å². The van der Waals surface area contributed by atoms with Crippen molar-refractivity contribution in [2.75, 3.05) is 31.8 Å². The molecule has 0 radical (unpaired) electrons. The Morgan fingerprint density at radius 2 is 1.58 bits per heavy atom. The van der Waals surface area contributed by atoms with Gasteiger partial charge in [-0.3, -0.25) is 4.79 Å². The zero-order chi connectivity index (χ0) is 24.6. The third-order valence-corrected chi connectivity index (χ3v) is 5.66. The lowest BCUT2D eigenvalue weighted by atomic mass is 9.87. The highest BCUT2D eigenvalue weighted by molar-refractivity contribution is 7.99. The first-order chi connectivity index (χ1) is 15.5. The average Bonchev–Trinajstić information content (AvgIpc) is 2.74. The fourth-order valence-electron chi connectivity index (χ4n) is 3.09. The third kappa shape index (κ3) is 7.89. The van der Waals surface area contributed by atoms with Crippen molar-refractivity contribution >= 4 is 23.5 Å². The van der Waals surface area contributed by atoms with E-state index < -0.39 is 5.97 Å². The molecule has 0 aromatic heterocycles. The fraction of sp³-hybridized carbons (Fsp3) is 0.440. The summed E-state index contributed by atoms with van der Waals surface area (Å²) in [5.41, 5.74) is 0.853. The summed E-state index contributed by atoms with van der Waals surface area (Å²) in [4.78, 5) is 23.6. The zero-order valence-electron chi connectivity index (χ0n) is 19.8. The largest absolute Gasteiger partial charge is 0.507 e. The Balaban J connectivity index is 1.79. The highest BCUT2D eigenvalue weighted by atomic mass is 32.2. The normalized spacial score (nSPS) is 11.2. The Kier molecular flexibility index (Phi) is 9.46. The van der Waals surface area contributed by atoms with E-state index in [0.29, 0.717) is 59.5 Å². The van der Waals surface area contributed by atoms with Crippen LogP contribution in [-0.4, -0.2) is 53.8 Å². The number of hydrogen-bond donors (Lipinski definition) is 2. The molecular weight excluding hydrogens is 444 g/mol. The van der Waals surface area contributed by atoms with Crippen LogP contribution < -0.4 is 14.2 Å². The number of methoxy groups -OCH3 is 1. The van der Waals surface area contributed by atoms with Gasteiger partial charge in [-0.15, -0.1) is 0 Å². The van der Waals surface area contributed by atoms with Gasteiger partial charge in [0.15, 0.2) is 17.3 Å². The molecule has 0 aliphatic rings. The smallest absolute Gasteiger partial charge is 0.335 e. The SMILES string of the molecule is COc1ccc(C(=O)O)cc1OCCSCCOc1ccc(C(=O)CC(C)(C)C)c(O)c1C. The number of thioether (sulfide) groups is 1. The minimum atomic E-state index is -1.03. The second kappa shape index (κ2) is 11.8. The molecule has 2 aromatic carbocycles. The number of ketones is 1. The van der Waals surface area contributed by atoms with Crippen LogP contribution in [0.1, 0.15) is 53.5 Å². The number of Topliss-reactive ketones (excluding diaryl/α,β-unsaturated/α-hetero) is 1. The van der Waals surface area contributed by atoms with Gasteiger partial charge in [-0.2, -0.15) is 11.8 Å². The maximum absolute atomic E-state index is 12.4. The number of aromatic carboxylic acids is 1. The molecule has 0 saturated carbocycles. The highest BCUT2D eigenvalue weighted by Crippen LogP contribution is 2.33. The van der Waals surface area contributed by atoms with E-state index in [1.807, 2.05) is 20.8 Å². The maximum atomic E-state index is 12.4. The van der Waals surface area contributed by atoms with Crippen LogP contribution in [-0.2, 0) is 0 Å². The van der Waals surface area contributed by atoms with Crippen molar-refractivity contribution in [2.45, 2.75) is 34.1 Å². The number of phenolic OH excluding ortho intramolecular Hbond substituents is 1. The molecule has 0 unspecified atom stereocenters.